The Balaban J connectivity index is 0.00000147. The maximum absolute atomic E-state index is 13.6. The van der Waals surface area contributed by atoms with E-state index < -0.39 is 0 Å². The second kappa shape index (κ2) is 6.74. The van der Waals surface area contributed by atoms with Crippen molar-refractivity contribution >= 4 is 29.9 Å². The molecular weight excluding hydrogens is 368 g/mol. The van der Waals surface area contributed by atoms with Crippen LogP contribution in [0.3, 0.4) is 0 Å². The molecule has 0 bridgehead atoms. The Morgan fingerprint density at radius 3 is 2.75 bits per heavy atom. The lowest BCUT2D eigenvalue weighted by atomic mass is 9.86. The Bertz CT molecular complexity index is 488. The fourth-order valence-electron chi connectivity index (χ4n) is 2.61. The molecule has 2 unspecified atom stereocenters. The zero-order valence-corrected chi connectivity index (χ0v) is 13.7. The summed E-state index contributed by atoms with van der Waals surface area (Å²) in [5, 5.41) is 3.19. The van der Waals surface area contributed by atoms with Crippen molar-refractivity contribution < 1.29 is 4.39 Å². The maximum Gasteiger partial charge on any atom is 0.188 e. The van der Waals surface area contributed by atoms with Crippen LogP contribution < -0.4 is 11.1 Å². The molecule has 0 amide bonds. The summed E-state index contributed by atoms with van der Waals surface area (Å²) in [6.45, 7) is 0.829. The highest BCUT2D eigenvalue weighted by molar-refractivity contribution is 14.0. The predicted molar refractivity (Wildman–Crippen MR) is 89.9 cm³/mol. The smallest absolute Gasteiger partial charge is 0.188 e. The lowest BCUT2D eigenvalue weighted by Gasteiger charge is -2.23. The third-order valence-corrected chi connectivity index (χ3v) is 4.17. The molecule has 1 aromatic rings. The minimum absolute atomic E-state index is 0. The highest BCUT2D eigenvalue weighted by Crippen LogP contribution is 2.41. The number of hydrogen-bond acceptors (Lipinski definition) is 1. The summed E-state index contributed by atoms with van der Waals surface area (Å²) in [6, 6.07) is 7.20. The summed E-state index contributed by atoms with van der Waals surface area (Å²) in [5.74, 6) is 1.35. The molecule has 5 heteroatoms. The average molecular weight is 389 g/mol. The van der Waals surface area contributed by atoms with Crippen molar-refractivity contribution in [3.05, 3.63) is 35.6 Å². The summed E-state index contributed by atoms with van der Waals surface area (Å²) >= 11 is 0. The number of guanidine groups is 1. The van der Waals surface area contributed by atoms with Crippen LogP contribution in [0.2, 0.25) is 0 Å². The largest absolute Gasteiger partial charge is 0.370 e. The van der Waals surface area contributed by atoms with Gasteiger partial charge in [0.1, 0.15) is 5.82 Å². The van der Waals surface area contributed by atoms with Crippen LogP contribution in [0.15, 0.2) is 29.3 Å². The summed E-state index contributed by atoms with van der Waals surface area (Å²) in [6.07, 6.45) is 4.81. The summed E-state index contributed by atoms with van der Waals surface area (Å²) in [4.78, 5) is 4.37. The number of hydrogen-bond donors (Lipinski definition) is 2. The number of nitrogens with zero attached hydrogens (tertiary/aromatic N) is 1. The summed E-state index contributed by atoms with van der Waals surface area (Å²) in [7, 11) is 0. The SMILES string of the molecule is I.NC(=NCC1CCC1)NC1CC1c1ccccc1F. The Kier molecular flexibility index (Phi) is 5.23. The highest BCUT2D eigenvalue weighted by atomic mass is 127. The van der Waals surface area contributed by atoms with E-state index in [1.165, 1.54) is 25.3 Å². The van der Waals surface area contributed by atoms with E-state index in [-0.39, 0.29) is 41.8 Å². The van der Waals surface area contributed by atoms with Crippen LogP contribution in [-0.4, -0.2) is 18.5 Å². The molecule has 3 nitrogen and oxygen atoms in total. The molecule has 3 rings (SSSR count). The van der Waals surface area contributed by atoms with Crippen LogP contribution in [-0.2, 0) is 0 Å². The lowest BCUT2D eigenvalue weighted by Crippen LogP contribution is -2.35. The van der Waals surface area contributed by atoms with Crippen molar-refractivity contribution in [3.8, 4) is 0 Å². The number of halogens is 2. The standard InChI is InChI=1S/C15H20FN3.HI/c16-13-7-2-1-6-11(13)12-8-14(12)19-15(17)18-9-10-4-3-5-10;/h1-2,6-7,10,12,14H,3-5,8-9H2,(H3,17,18,19);1H. The van der Waals surface area contributed by atoms with Crippen LogP contribution in [0.25, 0.3) is 0 Å². The lowest BCUT2D eigenvalue weighted by molar-refractivity contribution is 0.326. The van der Waals surface area contributed by atoms with Gasteiger partial charge in [-0.25, -0.2) is 4.39 Å². The monoisotopic (exact) mass is 389 g/mol. The fraction of sp³-hybridized carbons (Fsp3) is 0.533. The van der Waals surface area contributed by atoms with Crippen LogP contribution in [0.4, 0.5) is 4.39 Å². The number of rotatable bonds is 4. The zero-order valence-electron chi connectivity index (χ0n) is 11.4. The van der Waals surface area contributed by atoms with E-state index in [1.54, 1.807) is 6.07 Å². The van der Waals surface area contributed by atoms with E-state index in [0.29, 0.717) is 5.96 Å². The van der Waals surface area contributed by atoms with Crippen LogP contribution in [0, 0.1) is 11.7 Å². The molecule has 0 spiro atoms. The minimum atomic E-state index is -0.123. The molecule has 0 aromatic heterocycles. The third kappa shape index (κ3) is 3.62. The van der Waals surface area contributed by atoms with Crippen LogP contribution in [0.5, 0.6) is 0 Å². The Morgan fingerprint density at radius 1 is 1.35 bits per heavy atom. The first kappa shape index (κ1) is 15.5. The Hall–Kier alpha value is -0.850. The number of benzene rings is 1. The number of nitrogens with two attached hydrogens (primary N) is 1. The molecule has 2 aliphatic rings. The first-order chi connectivity index (χ1) is 9.24. The van der Waals surface area contributed by atoms with Crippen molar-refractivity contribution in [3.63, 3.8) is 0 Å². The Labute approximate surface area is 136 Å². The predicted octanol–water partition coefficient (Wildman–Crippen LogP) is 3.00. The Morgan fingerprint density at radius 2 is 2.10 bits per heavy atom. The van der Waals surface area contributed by atoms with E-state index in [2.05, 4.69) is 10.3 Å². The van der Waals surface area contributed by atoms with Gasteiger partial charge in [0.2, 0.25) is 0 Å². The molecule has 2 aliphatic carbocycles. The number of aliphatic imine (C=N–C) groups is 1. The van der Waals surface area contributed by atoms with Crippen molar-refractivity contribution in [1.29, 1.82) is 0 Å². The molecule has 2 atom stereocenters. The molecule has 0 heterocycles. The molecule has 3 N–H and O–H groups in total. The summed E-state index contributed by atoms with van der Waals surface area (Å²) < 4.78 is 13.6. The van der Waals surface area contributed by atoms with Crippen molar-refractivity contribution in [2.24, 2.45) is 16.6 Å². The van der Waals surface area contributed by atoms with E-state index >= 15 is 0 Å². The van der Waals surface area contributed by atoms with Gasteiger partial charge in [-0.3, -0.25) is 4.99 Å². The normalized spacial score (nSPS) is 25.6. The average Bonchev–Trinajstić information content (AvgIpc) is 3.06. The third-order valence-electron chi connectivity index (χ3n) is 4.17. The van der Waals surface area contributed by atoms with Crippen molar-refractivity contribution in [2.75, 3.05) is 6.54 Å². The zero-order chi connectivity index (χ0) is 13.2. The quantitative estimate of drug-likeness (QED) is 0.473. The van der Waals surface area contributed by atoms with Crippen molar-refractivity contribution in [1.82, 2.24) is 5.32 Å². The molecule has 0 aliphatic heterocycles. The van der Waals surface area contributed by atoms with Crippen molar-refractivity contribution in [2.45, 2.75) is 37.6 Å². The summed E-state index contributed by atoms with van der Waals surface area (Å²) in [5.41, 5.74) is 6.65. The van der Waals surface area contributed by atoms with Crippen LogP contribution in [0.1, 0.15) is 37.2 Å². The number of nitrogens with one attached hydrogen (secondary N) is 1. The van der Waals surface area contributed by atoms with E-state index in [9.17, 15) is 4.39 Å². The molecule has 1 aromatic carbocycles. The fourth-order valence-corrected chi connectivity index (χ4v) is 2.61. The first-order valence-electron chi connectivity index (χ1n) is 7.05. The van der Waals surface area contributed by atoms with Gasteiger partial charge >= 0.3 is 0 Å². The molecule has 0 radical (unpaired) electrons. The van der Waals surface area contributed by atoms with Gasteiger partial charge in [-0.15, -0.1) is 24.0 Å². The second-order valence-corrected chi connectivity index (χ2v) is 5.64. The molecule has 0 saturated heterocycles. The molecule has 2 saturated carbocycles. The van der Waals surface area contributed by atoms with Gasteiger partial charge in [-0.1, -0.05) is 24.6 Å². The van der Waals surface area contributed by atoms with Gasteiger partial charge in [0.05, 0.1) is 0 Å². The second-order valence-electron chi connectivity index (χ2n) is 5.64. The van der Waals surface area contributed by atoms with Crippen LogP contribution >= 0.6 is 24.0 Å². The minimum Gasteiger partial charge on any atom is -0.370 e. The van der Waals surface area contributed by atoms with E-state index in [0.717, 1.165) is 24.4 Å². The van der Waals surface area contributed by atoms with E-state index in [4.69, 9.17) is 5.73 Å². The van der Waals surface area contributed by atoms with Gasteiger partial charge in [0.15, 0.2) is 5.96 Å². The maximum atomic E-state index is 13.6. The molecule has 110 valence electrons. The van der Waals surface area contributed by atoms with Gasteiger partial charge in [-0.2, -0.15) is 0 Å². The topological polar surface area (TPSA) is 50.4 Å². The van der Waals surface area contributed by atoms with Gasteiger partial charge < -0.3 is 11.1 Å². The van der Waals surface area contributed by atoms with Gasteiger partial charge in [0.25, 0.3) is 0 Å². The molecule has 20 heavy (non-hydrogen) atoms. The van der Waals surface area contributed by atoms with Gasteiger partial charge in [-0.05, 0) is 36.8 Å². The first-order valence-corrected chi connectivity index (χ1v) is 7.05. The molecule has 2 fully saturated rings. The van der Waals surface area contributed by atoms with E-state index in [1.807, 2.05) is 12.1 Å². The molecular formula is C15H21FIN3. The van der Waals surface area contributed by atoms with Gasteiger partial charge in [0, 0.05) is 18.5 Å². The highest BCUT2D eigenvalue weighted by Gasteiger charge is 2.40.